The zero-order valence-corrected chi connectivity index (χ0v) is 33.6. The Labute approximate surface area is 336 Å². The number of anilines is 1. The molecule has 2 aliphatic rings. The van der Waals surface area contributed by atoms with Crippen LogP contribution in [0.4, 0.5) is 5.82 Å². The van der Waals surface area contributed by atoms with E-state index < -0.39 is 92.6 Å². The number of rotatable bonds is 26. The van der Waals surface area contributed by atoms with Crippen LogP contribution >= 0.6 is 11.8 Å². The first kappa shape index (κ1) is 48.8. The maximum absolute atomic E-state index is 13.0. The minimum atomic E-state index is -1.82. The number of carbonyl (C=O) groups is 3. The second-order valence-electron chi connectivity index (χ2n) is 14.4. The third kappa shape index (κ3) is 15.5. The molecule has 57 heavy (non-hydrogen) atoms. The Hall–Kier alpha value is -2.54. The molecule has 1 aromatic heterocycles. The number of esters is 2. The lowest BCUT2D eigenvalue weighted by atomic mass is 9.96. The van der Waals surface area contributed by atoms with Crippen molar-refractivity contribution in [1.82, 2.24) is 15.0 Å². The molecule has 1 amide bonds. The monoisotopic (exact) mass is 837 g/mol. The second-order valence-corrected chi connectivity index (χ2v) is 15.4. The number of aromatic nitrogens is 3. The molecule has 0 spiro atoms. The van der Waals surface area contributed by atoms with E-state index in [-0.39, 0.29) is 48.7 Å². The van der Waals surface area contributed by atoms with Crippen LogP contribution in [0.15, 0.2) is 6.20 Å². The quantitative estimate of drug-likeness (QED) is 0.0410. The van der Waals surface area contributed by atoms with Gasteiger partial charge in [0.2, 0.25) is 5.91 Å². The van der Waals surface area contributed by atoms with Crippen LogP contribution in [0.1, 0.15) is 97.1 Å². The molecule has 328 valence electrons. The Bertz CT molecular complexity index is 1330. The van der Waals surface area contributed by atoms with Crippen molar-refractivity contribution in [3.05, 3.63) is 6.20 Å². The van der Waals surface area contributed by atoms with Crippen LogP contribution in [0.3, 0.4) is 0 Å². The molecule has 20 nitrogen and oxygen atoms in total. The minimum absolute atomic E-state index is 0.0849. The van der Waals surface area contributed by atoms with E-state index >= 15 is 0 Å². The summed E-state index contributed by atoms with van der Waals surface area (Å²) in [5, 5.41) is 82.0. The molecule has 10 N–H and O–H groups in total. The van der Waals surface area contributed by atoms with Gasteiger partial charge in [-0.15, -0.1) is 5.10 Å². The van der Waals surface area contributed by atoms with Gasteiger partial charge in [-0.1, -0.05) is 70.4 Å². The third-order valence-corrected chi connectivity index (χ3v) is 10.8. The average molecular weight is 838 g/mol. The molecule has 1 aromatic rings. The molecule has 0 radical (unpaired) electrons. The van der Waals surface area contributed by atoms with E-state index in [9.17, 15) is 50.1 Å². The molecule has 0 saturated carbocycles. The van der Waals surface area contributed by atoms with E-state index in [0.717, 1.165) is 62.5 Å². The maximum Gasteiger partial charge on any atom is 0.306 e. The van der Waals surface area contributed by atoms with E-state index in [1.807, 2.05) is 0 Å². The normalized spacial score (nSPS) is 28.7. The number of nitrogens with zero attached hydrogens (tertiary/aromatic N) is 3. The topological polar surface area (TPSA) is 308 Å². The van der Waals surface area contributed by atoms with E-state index in [0.29, 0.717) is 6.42 Å². The van der Waals surface area contributed by atoms with Crippen molar-refractivity contribution < 1.29 is 73.8 Å². The fourth-order valence-electron chi connectivity index (χ4n) is 6.23. The van der Waals surface area contributed by atoms with E-state index in [1.165, 1.54) is 18.0 Å². The Kier molecular flexibility index (Phi) is 22.1. The number of amides is 1. The summed E-state index contributed by atoms with van der Waals surface area (Å²) in [6, 6.07) is -1.06. The van der Waals surface area contributed by atoms with Gasteiger partial charge in [-0.05, 0) is 12.8 Å². The standard InChI is InChI=1S/C36H63N5O15S/c1-3-5-7-9-11-13-26(44)52-18-21(53-27(45)14-12-10-8-6-4-2)19-57-20-22(37)34(51)38-25-15-41(40-39-25)35-31(49)30(48)33(24(17-43)54-35)56-36-32(50)29(47)28(46)23(16-42)55-36/h15,21-24,28-33,35-36,42-43,46-50H,3-14,16-20,37H2,1-2H3,(H,38,51)/t21-,22-,23?,24?,28?,29?,30?,31?,32?,33?,35-,36?/m1/s1. The Morgan fingerprint density at radius 2 is 1.46 bits per heavy atom. The molecule has 2 fully saturated rings. The molecule has 9 unspecified atom stereocenters. The molecule has 2 saturated heterocycles. The fourth-order valence-corrected chi connectivity index (χ4v) is 7.20. The molecule has 0 aliphatic carbocycles. The molecule has 3 heterocycles. The zero-order chi connectivity index (χ0) is 41.9. The second kappa shape index (κ2) is 25.8. The fraction of sp³-hybridized carbons (Fsp3) is 0.861. The van der Waals surface area contributed by atoms with Gasteiger partial charge in [0.1, 0.15) is 61.5 Å². The van der Waals surface area contributed by atoms with Crippen LogP contribution in [0.25, 0.3) is 0 Å². The number of hydrogen-bond acceptors (Lipinski definition) is 19. The highest BCUT2D eigenvalue weighted by Gasteiger charge is 2.51. The van der Waals surface area contributed by atoms with Crippen molar-refractivity contribution in [2.75, 3.05) is 36.6 Å². The summed E-state index contributed by atoms with van der Waals surface area (Å²) in [6.07, 6.45) is -5.38. The van der Waals surface area contributed by atoms with Gasteiger partial charge in [-0.2, -0.15) is 11.8 Å². The molecule has 0 aromatic carbocycles. The van der Waals surface area contributed by atoms with Crippen molar-refractivity contribution in [2.45, 2.75) is 164 Å². The molecular weight excluding hydrogens is 774 g/mol. The van der Waals surface area contributed by atoms with Crippen LogP contribution in [-0.2, 0) is 38.1 Å². The van der Waals surface area contributed by atoms with Gasteiger partial charge in [-0.3, -0.25) is 14.4 Å². The number of ether oxygens (including phenoxy) is 5. The van der Waals surface area contributed by atoms with Gasteiger partial charge in [0.25, 0.3) is 0 Å². The number of carbonyl (C=O) groups excluding carboxylic acids is 3. The molecule has 21 heteroatoms. The van der Waals surface area contributed by atoms with Crippen molar-refractivity contribution >= 4 is 35.4 Å². The van der Waals surface area contributed by atoms with Gasteiger partial charge in [0.05, 0.1) is 25.5 Å². The SMILES string of the molecule is CCCCCCCC(=O)OC[C@H](CSC[C@@H](N)C(=O)Nc1cn([C@@H]2OC(CO)C(OC3OC(CO)C(O)C(O)C3O)C(O)C2O)nn1)OC(=O)CCCCCCC. The predicted octanol–water partition coefficient (Wildman–Crippen LogP) is -0.750. The summed E-state index contributed by atoms with van der Waals surface area (Å²) in [7, 11) is 0. The van der Waals surface area contributed by atoms with Crippen molar-refractivity contribution in [3.8, 4) is 0 Å². The van der Waals surface area contributed by atoms with Crippen molar-refractivity contribution in [2.24, 2.45) is 5.73 Å². The highest BCUT2D eigenvalue weighted by Crippen LogP contribution is 2.33. The number of aliphatic hydroxyl groups excluding tert-OH is 7. The number of hydrogen-bond donors (Lipinski definition) is 9. The Morgan fingerprint density at radius 1 is 0.825 bits per heavy atom. The number of unbranched alkanes of at least 4 members (excludes halogenated alkanes) is 8. The lowest BCUT2D eigenvalue weighted by molar-refractivity contribution is -0.347. The van der Waals surface area contributed by atoms with Crippen molar-refractivity contribution in [3.63, 3.8) is 0 Å². The summed E-state index contributed by atoms with van der Waals surface area (Å²) >= 11 is 1.23. The van der Waals surface area contributed by atoms with Gasteiger partial charge < -0.3 is 70.5 Å². The van der Waals surface area contributed by atoms with E-state index in [2.05, 4.69) is 29.5 Å². The molecule has 12 atom stereocenters. The van der Waals surface area contributed by atoms with Crippen molar-refractivity contribution in [1.29, 1.82) is 0 Å². The van der Waals surface area contributed by atoms with Crippen LogP contribution < -0.4 is 11.1 Å². The predicted molar refractivity (Wildman–Crippen MR) is 203 cm³/mol. The first-order chi connectivity index (χ1) is 27.3. The smallest absolute Gasteiger partial charge is 0.306 e. The Morgan fingerprint density at radius 3 is 2.09 bits per heavy atom. The van der Waals surface area contributed by atoms with Gasteiger partial charge in [-0.25, -0.2) is 4.68 Å². The van der Waals surface area contributed by atoms with Crippen LogP contribution in [0.5, 0.6) is 0 Å². The van der Waals surface area contributed by atoms with Gasteiger partial charge >= 0.3 is 11.9 Å². The number of nitrogens with one attached hydrogen (secondary N) is 1. The summed E-state index contributed by atoms with van der Waals surface area (Å²) in [5.74, 6) is -1.17. The van der Waals surface area contributed by atoms with E-state index in [4.69, 9.17) is 29.4 Å². The van der Waals surface area contributed by atoms with E-state index in [1.54, 1.807) is 0 Å². The lowest BCUT2D eigenvalue weighted by Crippen LogP contribution is -2.63. The number of nitrogens with two attached hydrogens (primary N) is 1. The lowest BCUT2D eigenvalue weighted by Gasteiger charge is -2.45. The zero-order valence-electron chi connectivity index (χ0n) is 32.8. The maximum atomic E-state index is 13.0. The molecular formula is C36H63N5O15S. The first-order valence-corrected chi connectivity index (χ1v) is 21.0. The molecule has 2 aliphatic heterocycles. The van der Waals surface area contributed by atoms with Crippen LogP contribution in [-0.4, -0.2) is 167 Å². The summed E-state index contributed by atoms with van der Waals surface area (Å²) in [6.45, 7) is 2.62. The van der Waals surface area contributed by atoms with Gasteiger partial charge in [0, 0.05) is 24.3 Å². The first-order valence-electron chi connectivity index (χ1n) is 19.8. The summed E-state index contributed by atoms with van der Waals surface area (Å²) < 4.78 is 28.7. The Balaban J connectivity index is 1.52. The number of aliphatic hydroxyl groups is 7. The third-order valence-electron chi connectivity index (χ3n) is 9.64. The summed E-state index contributed by atoms with van der Waals surface area (Å²) in [4.78, 5) is 37.9. The van der Waals surface area contributed by atoms with Crippen LogP contribution in [0.2, 0.25) is 0 Å². The summed E-state index contributed by atoms with van der Waals surface area (Å²) in [5.41, 5.74) is 6.14. The average Bonchev–Trinajstić information content (AvgIpc) is 3.66. The largest absolute Gasteiger partial charge is 0.462 e. The van der Waals surface area contributed by atoms with Gasteiger partial charge in [0.15, 0.2) is 18.3 Å². The highest BCUT2D eigenvalue weighted by atomic mass is 32.2. The highest BCUT2D eigenvalue weighted by molar-refractivity contribution is 7.99. The van der Waals surface area contributed by atoms with Crippen LogP contribution in [0, 0.1) is 0 Å². The number of thioether (sulfide) groups is 1. The minimum Gasteiger partial charge on any atom is -0.462 e. The molecule has 3 rings (SSSR count). The molecule has 0 bridgehead atoms.